The Morgan fingerprint density at radius 3 is 2.64 bits per heavy atom. The summed E-state index contributed by atoms with van der Waals surface area (Å²) in [4.78, 5) is 14.4. The molecule has 0 aliphatic carbocycles. The molecule has 0 radical (unpaired) electrons. The quantitative estimate of drug-likeness (QED) is 0.640. The third-order valence-electron chi connectivity index (χ3n) is 2.62. The Morgan fingerprint density at radius 2 is 2.09 bits per heavy atom. The zero-order valence-electron chi connectivity index (χ0n) is 11.3. The Kier molecular flexibility index (Phi) is 4.43. The van der Waals surface area contributed by atoms with Crippen molar-refractivity contribution in [1.29, 1.82) is 0 Å². The third kappa shape index (κ3) is 3.60. The van der Waals surface area contributed by atoms with E-state index >= 15 is 0 Å². The fraction of sp³-hybridized carbons (Fsp3) is 0.308. The summed E-state index contributed by atoms with van der Waals surface area (Å²) in [5.74, 6) is -3.29. The topological polar surface area (TPSA) is 65.2 Å². The average Bonchev–Trinajstić information content (AvgIpc) is 2.91. The Bertz CT molecular complexity index is 682. The van der Waals surface area contributed by atoms with Crippen LogP contribution in [-0.4, -0.2) is 22.7 Å². The van der Waals surface area contributed by atoms with Crippen LogP contribution in [-0.2, 0) is 22.1 Å². The molecule has 0 amide bonds. The molecule has 9 heteroatoms. The average molecular weight is 318 g/mol. The van der Waals surface area contributed by atoms with Gasteiger partial charge in [-0.05, 0) is 18.6 Å². The molecule has 0 fully saturated rings. The molecule has 0 saturated carbocycles. The van der Waals surface area contributed by atoms with Crippen LogP contribution in [0.5, 0.6) is 0 Å². The minimum atomic E-state index is -4.77. The Hall–Kier alpha value is -2.45. The molecule has 0 bridgehead atoms. The number of hydrogen-bond acceptors (Lipinski definition) is 5. The highest BCUT2D eigenvalue weighted by molar-refractivity contribution is 5.73. The minimum absolute atomic E-state index is 0.00404. The zero-order chi connectivity index (χ0) is 16.3. The van der Waals surface area contributed by atoms with Crippen molar-refractivity contribution in [3.8, 4) is 11.4 Å². The van der Waals surface area contributed by atoms with Gasteiger partial charge in [0.1, 0.15) is 5.82 Å². The number of esters is 1. The maximum absolute atomic E-state index is 13.9. The van der Waals surface area contributed by atoms with Crippen LogP contribution < -0.4 is 0 Å². The number of nitrogens with zero attached hydrogens (tertiary/aromatic N) is 2. The van der Waals surface area contributed by atoms with Gasteiger partial charge in [0.05, 0.1) is 13.0 Å². The van der Waals surface area contributed by atoms with Gasteiger partial charge in [0.15, 0.2) is 0 Å². The molecule has 118 valence electrons. The van der Waals surface area contributed by atoms with E-state index in [4.69, 9.17) is 0 Å². The van der Waals surface area contributed by atoms with E-state index in [0.29, 0.717) is 0 Å². The Morgan fingerprint density at radius 1 is 1.36 bits per heavy atom. The van der Waals surface area contributed by atoms with Crippen molar-refractivity contribution in [1.82, 2.24) is 10.1 Å². The van der Waals surface area contributed by atoms with Gasteiger partial charge in [-0.1, -0.05) is 17.3 Å². The summed E-state index contributed by atoms with van der Waals surface area (Å²) in [6.45, 7) is 1.79. The molecule has 0 N–H and O–H groups in total. The highest BCUT2D eigenvalue weighted by Gasteiger charge is 2.38. The van der Waals surface area contributed by atoms with Crippen LogP contribution in [0.3, 0.4) is 0 Å². The lowest BCUT2D eigenvalue weighted by Gasteiger charge is -2.04. The molecule has 0 unspecified atom stereocenters. The zero-order valence-corrected chi connectivity index (χ0v) is 11.3. The fourth-order valence-corrected chi connectivity index (χ4v) is 1.65. The molecule has 1 aromatic carbocycles. The normalized spacial score (nSPS) is 11.5. The summed E-state index contributed by atoms with van der Waals surface area (Å²) >= 11 is 0. The number of carbonyl (C=O) groups excluding carboxylic acids is 1. The van der Waals surface area contributed by atoms with Crippen molar-refractivity contribution < 1.29 is 31.6 Å². The summed E-state index contributed by atoms with van der Waals surface area (Å²) in [7, 11) is 0. The molecule has 0 aliphatic rings. The Balaban J connectivity index is 2.22. The molecule has 0 atom stereocenters. The van der Waals surface area contributed by atoms with Crippen molar-refractivity contribution in [2.24, 2.45) is 0 Å². The number of hydrogen-bond donors (Lipinski definition) is 0. The fourth-order valence-electron chi connectivity index (χ4n) is 1.65. The van der Waals surface area contributed by atoms with E-state index in [-0.39, 0.29) is 24.2 Å². The van der Waals surface area contributed by atoms with Crippen LogP contribution in [0.2, 0.25) is 0 Å². The molecule has 1 aromatic heterocycles. The number of halogens is 4. The largest absolute Gasteiger partial charge is 0.471 e. The molecule has 2 aromatic rings. The van der Waals surface area contributed by atoms with Crippen molar-refractivity contribution in [3.63, 3.8) is 0 Å². The SMILES string of the molecule is CCOC(=O)Cc1ccc(-c2noc(C(F)(F)F)n2)cc1F. The predicted octanol–water partition coefficient (Wildman–Crippen LogP) is 3.00. The summed E-state index contributed by atoms with van der Waals surface area (Å²) in [6.07, 6.45) is -5.05. The number of ether oxygens (including phenoxy) is 1. The number of benzene rings is 1. The molecule has 2 rings (SSSR count). The third-order valence-corrected chi connectivity index (χ3v) is 2.62. The van der Waals surface area contributed by atoms with Crippen LogP contribution in [0, 0.1) is 5.82 Å². The van der Waals surface area contributed by atoms with Crippen LogP contribution in [0.1, 0.15) is 18.4 Å². The van der Waals surface area contributed by atoms with Crippen molar-refractivity contribution in [2.45, 2.75) is 19.5 Å². The van der Waals surface area contributed by atoms with Gasteiger partial charge in [-0.25, -0.2) is 4.39 Å². The van der Waals surface area contributed by atoms with Crippen LogP contribution in [0.4, 0.5) is 17.6 Å². The summed E-state index contributed by atoms with van der Waals surface area (Å²) < 4.78 is 59.7. The standard InChI is InChI=1S/C13H10F4N2O3/c1-2-21-10(20)6-7-3-4-8(5-9(7)14)11-18-12(22-19-11)13(15,16)17/h3-5H,2,6H2,1H3. The van der Waals surface area contributed by atoms with Gasteiger partial charge in [-0.2, -0.15) is 18.2 Å². The van der Waals surface area contributed by atoms with Gasteiger partial charge in [0.2, 0.25) is 5.82 Å². The van der Waals surface area contributed by atoms with Gasteiger partial charge < -0.3 is 9.26 Å². The van der Waals surface area contributed by atoms with Crippen molar-refractivity contribution >= 4 is 5.97 Å². The highest BCUT2D eigenvalue weighted by atomic mass is 19.4. The van der Waals surface area contributed by atoms with Gasteiger partial charge in [0, 0.05) is 5.56 Å². The molecule has 22 heavy (non-hydrogen) atoms. The van der Waals surface area contributed by atoms with E-state index in [2.05, 4.69) is 19.4 Å². The van der Waals surface area contributed by atoms with Gasteiger partial charge >= 0.3 is 18.0 Å². The maximum atomic E-state index is 13.9. The monoisotopic (exact) mass is 318 g/mol. The lowest BCUT2D eigenvalue weighted by molar-refractivity contribution is -0.159. The number of aromatic nitrogens is 2. The summed E-state index contributed by atoms with van der Waals surface area (Å²) in [5, 5.41) is 3.15. The second-order valence-corrected chi connectivity index (χ2v) is 4.21. The van der Waals surface area contributed by atoms with Crippen LogP contribution >= 0.6 is 0 Å². The second kappa shape index (κ2) is 6.12. The molecule has 0 aliphatic heterocycles. The summed E-state index contributed by atoms with van der Waals surface area (Å²) in [5.41, 5.74) is 0.0612. The molecule has 1 heterocycles. The lowest BCUT2D eigenvalue weighted by atomic mass is 10.1. The maximum Gasteiger partial charge on any atom is 0.471 e. The van der Waals surface area contributed by atoms with E-state index < -0.39 is 29.7 Å². The molecule has 0 spiro atoms. The molecule has 0 saturated heterocycles. The molecule has 5 nitrogen and oxygen atoms in total. The number of alkyl halides is 3. The van der Waals surface area contributed by atoms with Crippen LogP contribution in [0.15, 0.2) is 22.7 Å². The second-order valence-electron chi connectivity index (χ2n) is 4.21. The van der Waals surface area contributed by atoms with Crippen molar-refractivity contribution in [3.05, 3.63) is 35.5 Å². The van der Waals surface area contributed by atoms with E-state index in [9.17, 15) is 22.4 Å². The van der Waals surface area contributed by atoms with Crippen LogP contribution in [0.25, 0.3) is 11.4 Å². The van der Waals surface area contributed by atoms with E-state index in [1.807, 2.05) is 0 Å². The smallest absolute Gasteiger partial charge is 0.466 e. The number of rotatable bonds is 4. The predicted molar refractivity (Wildman–Crippen MR) is 65.0 cm³/mol. The molecular formula is C13H10F4N2O3. The first-order chi connectivity index (χ1) is 10.3. The first-order valence-corrected chi connectivity index (χ1v) is 6.16. The lowest BCUT2D eigenvalue weighted by Crippen LogP contribution is -2.08. The first kappa shape index (κ1) is 15.9. The Labute approximate surface area is 121 Å². The van der Waals surface area contributed by atoms with E-state index in [1.54, 1.807) is 6.92 Å². The van der Waals surface area contributed by atoms with E-state index in [0.717, 1.165) is 6.07 Å². The van der Waals surface area contributed by atoms with Gasteiger partial charge in [-0.15, -0.1) is 0 Å². The first-order valence-electron chi connectivity index (χ1n) is 6.16. The number of carbonyl (C=O) groups is 1. The van der Waals surface area contributed by atoms with E-state index in [1.165, 1.54) is 12.1 Å². The molecular weight excluding hydrogens is 308 g/mol. The van der Waals surface area contributed by atoms with Gasteiger partial charge in [-0.3, -0.25) is 4.79 Å². The highest BCUT2D eigenvalue weighted by Crippen LogP contribution is 2.29. The minimum Gasteiger partial charge on any atom is -0.466 e. The van der Waals surface area contributed by atoms with Crippen molar-refractivity contribution in [2.75, 3.05) is 6.61 Å². The van der Waals surface area contributed by atoms with Gasteiger partial charge in [0.25, 0.3) is 0 Å². The summed E-state index contributed by atoms with van der Waals surface area (Å²) in [6, 6.07) is 3.48.